The summed E-state index contributed by atoms with van der Waals surface area (Å²) in [6.07, 6.45) is 0. The van der Waals surface area contributed by atoms with E-state index < -0.39 is 17.0 Å². The standard InChI is InChI=1S/C25H19ClO5/c1-15-20-13-12-19(30-25(28)23(26)17-6-4-3-5-7-17)14-21(20)31-24(27)22(15)16-8-10-18(29-2)11-9-16/h3-14,23H,1-2H3. The molecule has 156 valence electrons. The lowest BCUT2D eigenvalue weighted by atomic mass is 9.99. The van der Waals surface area contributed by atoms with Gasteiger partial charge in [-0.3, -0.25) is 0 Å². The first kappa shape index (κ1) is 20.7. The SMILES string of the molecule is COc1ccc(-c2c(C)c3ccc(OC(=O)C(Cl)c4ccccc4)cc3oc2=O)cc1. The molecule has 1 atom stereocenters. The Balaban J connectivity index is 1.65. The lowest BCUT2D eigenvalue weighted by Gasteiger charge is -2.12. The molecule has 1 heterocycles. The third kappa shape index (κ3) is 4.18. The number of halogens is 1. The summed E-state index contributed by atoms with van der Waals surface area (Å²) < 4.78 is 16.1. The zero-order chi connectivity index (χ0) is 22.0. The van der Waals surface area contributed by atoms with Gasteiger partial charge in [0.15, 0.2) is 5.38 Å². The molecule has 31 heavy (non-hydrogen) atoms. The number of alkyl halides is 1. The Labute approximate surface area is 183 Å². The minimum absolute atomic E-state index is 0.249. The van der Waals surface area contributed by atoms with Gasteiger partial charge in [-0.15, -0.1) is 11.6 Å². The highest BCUT2D eigenvalue weighted by Crippen LogP contribution is 2.31. The second kappa shape index (κ2) is 8.66. The normalized spacial score (nSPS) is 11.8. The zero-order valence-electron chi connectivity index (χ0n) is 16.9. The first-order chi connectivity index (χ1) is 15.0. The topological polar surface area (TPSA) is 65.7 Å². The Hall–Kier alpha value is -3.57. The number of hydrogen-bond donors (Lipinski definition) is 0. The van der Waals surface area contributed by atoms with Crippen LogP contribution in [0.15, 0.2) is 82.0 Å². The van der Waals surface area contributed by atoms with Crippen LogP contribution in [0, 0.1) is 6.92 Å². The van der Waals surface area contributed by atoms with Crippen LogP contribution in [0.4, 0.5) is 0 Å². The molecule has 4 rings (SSSR count). The Kier molecular flexibility index (Phi) is 5.78. The minimum Gasteiger partial charge on any atom is -0.497 e. The Morgan fingerprint density at radius 2 is 1.65 bits per heavy atom. The number of ether oxygens (including phenoxy) is 2. The van der Waals surface area contributed by atoms with Gasteiger partial charge in [0, 0.05) is 11.5 Å². The molecule has 0 spiro atoms. The maximum absolute atomic E-state index is 12.7. The van der Waals surface area contributed by atoms with Crippen molar-refractivity contribution in [3.05, 3.63) is 94.3 Å². The fourth-order valence-corrected chi connectivity index (χ4v) is 3.61. The lowest BCUT2D eigenvalue weighted by Crippen LogP contribution is -2.14. The van der Waals surface area contributed by atoms with E-state index >= 15 is 0 Å². The molecule has 0 aliphatic heterocycles. The molecule has 0 saturated heterocycles. The smallest absolute Gasteiger partial charge is 0.344 e. The van der Waals surface area contributed by atoms with Crippen LogP contribution in [0.3, 0.4) is 0 Å². The van der Waals surface area contributed by atoms with Gasteiger partial charge >= 0.3 is 11.6 Å². The molecule has 3 aromatic carbocycles. The minimum atomic E-state index is -0.942. The monoisotopic (exact) mass is 434 g/mol. The number of methoxy groups -OCH3 is 1. The molecule has 0 N–H and O–H groups in total. The molecule has 0 fully saturated rings. The van der Waals surface area contributed by atoms with Crippen molar-refractivity contribution in [3.63, 3.8) is 0 Å². The quantitative estimate of drug-likeness (QED) is 0.175. The summed E-state index contributed by atoms with van der Waals surface area (Å²) in [5.41, 5.74) is 2.48. The summed E-state index contributed by atoms with van der Waals surface area (Å²) in [6.45, 7) is 1.86. The molecule has 1 unspecified atom stereocenters. The Bertz CT molecular complexity index is 1290. The third-order valence-corrected chi connectivity index (χ3v) is 5.47. The number of benzene rings is 3. The van der Waals surface area contributed by atoms with Crippen LogP contribution in [0.1, 0.15) is 16.5 Å². The lowest BCUT2D eigenvalue weighted by molar-refractivity contribution is -0.134. The molecule has 0 amide bonds. The van der Waals surface area contributed by atoms with Crippen LogP contribution >= 0.6 is 11.6 Å². The molecular formula is C25H19ClO5. The maximum atomic E-state index is 12.7. The molecule has 1 aromatic heterocycles. The van der Waals surface area contributed by atoms with Crippen LogP contribution in [-0.2, 0) is 4.79 Å². The first-order valence-corrected chi connectivity index (χ1v) is 10.0. The van der Waals surface area contributed by atoms with Gasteiger partial charge in [0.25, 0.3) is 0 Å². The summed E-state index contributed by atoms with van der Waals surface area (Å²) in [5, 5.41) is -0.196. The average molecular weight is 435 g/mol. The maximum Gasteiger partial charge on any atom is 0.344 e. The highest BCUT2D eigenvalue weighted by Gasteiger charge is 2.21. The van der Waals surface area contributed by atoms with E-state index in [4.69, 9.17) is 25.5 Å². The number of aryl methyl sites for hydroxylation is 1. The first-order valence-electron chi connectivity index (χ1n) is 9.60. The van der Waals surface area contributed by atoms with Crippen molar-refractivity contribution in [2.24, 2.45) is 0 Å². The summed E-state index contributed by atoms with van der Waals surface area (Å²) in [7, 11) is 1.58. The van der Waals surface area contributed by atoms with Crippen molar-refractivity contribution in [1.82, 2.24) is 0 Å². The van der Waals surface area contributed by atoms with E-state index in [1.165, 1.54) is 6.07 Å². The second-order valence-electron chi connectivity index (χ2n) is 6.97. The van der Waals surface area contributed by atoms with Crippen molar-refractivity contribution in [3.8, 4) is 22.6 Å². The predicted molar refractivity (Wildman–Crippen MR) is 120 cm³/mol. The van der Waals surface area contributed by atoms with Gasteiger partial charge in [-0.25, -0.2) is 9.59 Å². The van der Waals surface area contributed by atoms with Crippen molar-refractivity contribution >= 4 is 28.5 Å². The van der Waals surface area contributed by atoms with E-state index in [0.717, 1.165) is 16.5 Å². The van der Waals surface area contributed by atoms with Gasteiger partial charge in [-0.1, -0.05) is 42.5 Å². The van der Waals surface area contributed by atoms with Crippen LogP contribution in [0.2, 0.25) is 0 Å². The summed E-state index contributed by atoms with van der Waals surface area (Å²) >= 11 is 6.23. The summed E-state index contributed by atoms with van der Waals surface area (Å²) in [4.78, 5) is 25.1. The molecule has 0 aliphatic rings. The molecule has 4 aromatic rings. The van der Waals surface area contributed by atoms with Crippen LogP contribution < -0.4 is 15.1 Å². The molecule has 5 nitrogen and oxygen atoms in total. The van der Waals surface area contributed by atoms with E-state index in [-0.39, 0.29) is 5.75 Å². The molecule has 6 heteroatoms. The van der Waals surface area contributed by atoms with Crippen LogP contribution in [-0.4, -0.2) is 13.1 Å². The van der Waals surface area contributed by atoms with Crippen molar-refractivity contribution < 1.29 is 18.7 Å². The largest absolute Gasteiger partial charge is 0.497 e. The number of carbonyl (C=O) groups is 1. The molecule has 0 bridgehead atoms. The fraction of sp³-hybridized carbons (Fsp3) is 0.120. The van der Waals surface area contributed by atoms with E-state index in [9.17, 15) is 9.59 Å². The van der Waals surface area contributed by atoms with E-state index in [2.05, 4.69) is 0 Å². The zero-order valence-corrected chi connectivity index (χ0v) is 17.7. The van der Waals surface area contributed by atoms with E-state index in [1.807, 2.05) is 25.1 Å². The van der Waals surface area contributed by atoms with Crippen molar-refractivity contribution in [2.75, 3.05) is 7.11 Å². The van der Waals surface area contributed by atoms with E-state index in [1.54, 1.807) is 55.6 Å². The highest BCUT2D eigenvalue weighted by atomic mass is 35.5. The van der Waals surface area contributed by atoms with Gasteiger partial charge in [-0.2, -0.15) is 0 Å². The summed E-state index contributed by atoms with van der Waals surface area (Å²) in [5.74, 6) is 0.339. The second-order valence-corrected chi connectivity index (χ2v) is 7.41. The number of fused-ring (bicyclic) bond motifs is 1. The van der Waals surface area contributed by atoms with Crippen LogP contribution in [0.25, 0.3) is 22.1 Å². The predicted octanol–water partition coefficient (Wildman–Crippen LogP) is 5.66. The molecule has 0 aliphatic carbocycles. The van der Waals surface area contributed by atoms with E-state index in [0.29, 0.717) is 22.5 Å². The number of carbonyl (C=O) groups excluding carboxylic acids is 1. The van der Waals surface area contributed by atoms with Crippen molar-refractivity contribution in [1.29, 1.82) is 0 Å². The third-order valence-electron chi connectivity index (χ3n) is 5.04. The van der Waals surface area contributed by atoms with Gasteiger partial charge in [0.2, 0.25) is 0 Å². The summed E-state index contributed by atoms with van der Waals surface area (Å²) in [6, 6.07) is 21.1. The Morgan fingerprint density at radius 1 is 0.968 bits per heavy atom. The Morgan fingerprint density at radius 3 is 2.32 bits per heavy atom. The van der Waals surface area contributed by atoms with Gasteiger partial charge in [0.1, 0.15) is 17.1 Å². The molecular weight excluding hydrogens is 416 g/mol. The number of rotatable bonds is 5. The van der Waals surface area contributed by atoms with Crippen molar-refractivity contribution in [2.45, 2.75) is 12.3 Å². The highest BCUT2D eigenvalue weighted by molar-refractivity contribution is 6.30. The number of esters is 1. The van der Waals surface area contributed by atoms with Gasteiger partial charge < -0.3 is 13.9 Å². The van der Waals surface area contributed by atoms with Gasteiger partial charge in [-0.05, 0) is 47.9 Å². The average Bonchev–Trinajstić information content (AvgIpc) is 2.79. The number of hydrogen-bond acceptors (Lipinski definition) is 5. The molecule has 0 radical (unpaired) electrons. The van der Waals surface area contributed by atoms with Crippen LogP contribution in [0.5, 0.6) is 11.5 Å². The van der Waals surface area contributed by atoms with Gasteiger partial charge in [0.05, 0.1) is 12.7 Å². The fourth-order valence-electron chi connectivity index (χ4n) is 3.42. The molecule has 0 saturated carbocycles.